The molecule has 0 radical (unpaired) electrons. The van der Waals surface area contributed by atoms with Crippen LogP contribution in [-0.2, 0) is 4.79 Å². The van der Waals surface area contributed by atoms with Crippen LogP contribution in [0.3, 0.4) is 0 Å². The molecule has 0 unspecified atom stereocenters. The molecule has 1 aromatic rings. The van der Waals surface area contributed by atoms with Crippen LogP contribution < -0.4 is 5.32 Å². The Morgan fingerprint density at radius 1 is 1.50 bits per heavy atom. The summed E-state index contributed by atoms with van der Waals surface area (Å²) < 4.78 is 0. The summed E-state index contributed by atoms with van der Waals surface area (Å²) in [6, 6.07) is 0. The molecule has 0 saturated heterocycles. The number of nitrogens with zero attached hydrogens (tertiary/aromatic N) is 1. The molecule has 1 fully saturated rings. The Kier molecular flexibility index (Phi) is 4.42. The molecule has 0 aromatic carbocycles. The normalized spacial score (nSPS) is 26.2. The van der Waals surface area contributed by atoms with Crippen molar-refractivity contribution in [3.8, 4) is 0 Å². The Labute approximate surface area is 122 Å². The SMILES string of the molecule is Cc1nc(C(=O)NCC2(C(=O)O)CCC(C)CC2)cs1. The lowest BCUT2D eigenvalue weighted by atomic mass is 9.71. The highest BCUT2D eigenvalue weighted by molar-refractivity contribution is 7.09. The molecule has 1 aromatic heterocycles. The minimum Gasteiger partial charge on any atom is -0.481 e. The van der Waals surface area contributed by atoms with Gasteiger partial charge in [0, 0.05) is 11.9 Å². The predicted octanol–water partition coefficient (Wildman–Crippen LogP) is 2.46. The van der Waals surface area contributed by atoms with E-state index in [1.165, 1.54) is 11.3 Å². The van der Waals surface area contributed by atoms with Crippen molar-refractivity contribution < 1.29 is 14.7 Å². The van der Waals surface area contributed by atoms with Gasteiger partial charge < -0.3 is 10.4 Å². The van der Waals surface area contributed by atoms with E-state index in [1.54, 1.807) is 5.38 Å². The number of carboxylic acid groups (broad SMARTS) is 1. The van der Waals surface area contributed by atoms with Gasteiger partial charge in [-0.25, -0.2) is 4.98 Å². The smallest absolute Gasteiger partial charge is 0.311 e. The highest BCUT2D eigenvalue weighted by Gasteiger charge is 2.41. The van der Waals surface area contributed by atoms with Crippen LogP contribution in [0.15, 0.2) is 5.38 Å². The Morgan fingerprint density at radius 2 is 2.15 bits per heavy atom. The van der Waals surface area contributed by atoms with E-state index in [0.29, 0.717) is 24.5 Å². The van der Waals surface area contributed by atoms with E-state index in [-0.39, 0.29) is 12.5 Å². The first kappa shape index (κ1) is 15.0. The maximum Gasteiger partial charge on any atom is 0.311 e. The Bertz CT molecular complexity index is 504. The lowest BCUT2D eigenvalue weighted by Crippen LogP contribution is -2.45. The van der Waals surface area contributed by atoms with Gasteiger partial charge in [0.1, 0.15) is 5.69 Å². The summed E-state index contributed by atoms with van der Waals surface area (Å²) in [5, 5.41) is 14.8. The van der Waals surface area contributed by atoms with Crippen molar-refractivity contribution in [3.63, 3.8) is 0 Å². The van der Waals surface area contributed by atoms with Crippen LogP contribution >= 0.6 is 11.3 Å². The topological polar surface area (TPSA) is 79.3 Å². The predicted molar refractivity (Wildman–Crippen MR) is 76.9 cm³/mol. The molecule has 0 bridgehead atoms. The number of amides is 1. The molecule has 5 nitrogen and oxygen atoms in total. The monoisotopic (exact) mass is 296 g/mol. The molecular weight excluding hydrogens is 276 g/mol. The summed E-state index contributed by atoms with van der Waals surface area (Å²) in [5.41, 5.74) is -0.440. The number of hydrogen-bond donors (Lipinski definition) is 2. The van der Waals surface area contributed by atoms with Crippen molar-refractivity contribution in [2.24, 2.45) is 11.3 Å². The molecule has 1 amide bonds. The summed E-state index contributed by atoms with van der Waals surface area (Å²) >= 11 is 1.41. The van der Waals surface area contributed by atoms with E-state index in [1.807, 2.05) is 6.92 Å². The molecule has 1 saturated carbocycles. The zero-order chi connectivity index (χ0) is 14.8. The third kappa shape index (κ3) is 3.17. The average Bonchev–Trinajstić information content (AvgIpc) is 2.84. The molecule has 0 aliphatic heterocycles. The number of carbonyl (C=O) groups excluding carboxylic acids is 1. The second-order valence-corrected chi connectivity index (χ2v) is 6.76. The van der Waals surface area contributed by atoms with E-state index in [4.69, 9.17) is 0 Å². The van der Waals surface area contributed by atoms with Crippen LogP contribution in [0.1, 0.15) is 48.1 Å². The summed E-state index contributed by atoms with van der Waals surface area (Å²) in [6.07, 6.45) is 3.05. The third-order valence-corrected chi connectivity index (χ3v) is 4.90. The van der Waals surface area contributed by atoms with Gasteiger partial charge in [-0.15, -0.1) is 11.3 Å². The van der Waals surface area contributed by atoms with Crippen LogP contribution in [0.5, 0.6) is 0 Å². The standard InChI is InChI=1S/C14H20N2O3S/c1-9-3-5-14(6-4-9,13(18)19)8-15-12(17)11-7-20-10(2)16-11/h7,9H,3-6,8H2,1-2H3,(H,15,17)(H,18,19). The molecule has 1 aliphatic carbocycles. The molecule has 2 rings (SSSR count). The number of carboxylic acids is 1. The van der Waals surface area contributed by atoms with Crippen LogP contribution in [-0.4, -0.2) is 28.5 Å². The Morgan fingerprint density at radius 3 is 2.65 bits per heavy atom. The van der Waals surface area contributed by atoms with Gasteiger partial charge in [0.15, 0.2) is 0 Å². The first-order valence-corrected chi connectivity index (χ1v) is 7.75. The number of carbonyl (C=O) groups is 2. The lowest BCUT2D eigenvalue weighted by Gasteiger charge is -2.35. The van der Waals surface area contributed by atoms with E-state index in [0.717, 1.165) is 17.8 Å². The molecule has 20 heavy (non-hydrogen) atoms. The van der Waals surface area contributed by atoms with Gasteiger partial charge in [-0.05, 0) is 38.5 Å². The van der Waals surface area contributed by atoms with Crippen molar-refractivity contribution in [1.29, 1.82) is 0 Å². The highest BCUT2D eigenvalue weighted by Crippen LogP contribution is 2.38. The van der Waals surface area contributed by atoms with E-state index >= 15 is 0 Å². The first-order chi connectivity index (χ1) is 9.43. The first-order valence-electron chi connectivity index (χ1n) is 6.87. The zero-order valence-electron chi connectivity index (χ0n) is 11.8. The summed E-state index contributed by atoms with van der Waals surface area (Å²) in [4.78, 5) is 27.7. The van der Waals surface area contributed by atoms with Gasteiger partial charge in [0.2, 0.25) is 0 Å². The number of aliphatic carboxylic acids is 1. The van der Waals surface area contributed by atoms with Gasteiger partial charge in [-0.2, -0.15) is 0 Å². The van der Waals surface area contributed by atoms with Gasteiger partial charge in [-0.1, -0.05) is 6.92 Å². The summed E-state index contributed by atoms with van der Waals surface area (Å²) in [7, 11) is 0. The van der Waals surface area contributed by atoms with Crippen LogP contribution in [0.4, 0.5) is 0 Å². The molecule has 2 N–H and O–H groups in total. The van der Waals surface area contributed by atoms with E-state index in [9.17, 15) is 14.7 Å². The molecule has 1 aliphatic rings. The van der Waals surface area contributed by atoms with Crippen LogP contribution in [0, 0.1) is 18.3 Å². The third-order valence-electron chi connectivity index (χ3n) is 4.12. The van der Waals surface area contributed by atoms with Crippen molar-refractivity contribution in [1.82, 2.24) is 10.3 Å². The molecule has 0 atom stereocenters. The molecule has 0 spiro atoms. The second kappa shape index (κ2) is 5.91. The number of rotatable bonds is 4. The minimum absolute atomic E-state index is 0.185. The lowest BCUT2D eigenvalue weighted by molar-refractivity contribution is -0.151. The van der Waals surface area contributed by atoms with E-state index in [2.05, 4.69) is 17.2 Å². The number of aromatic nitrogens is 1. The fourth-order valence-electron chi connectivity index (χ4n) is 2.59. The highest BCUT2D eigenvalue weighted by atomic mass is 32.1. The van der Waals surface area contributed by atoms with Gasteiger partial charge in [-0.3, -0.25) is 9.59 Å². The number of nitrogens with one attached hydrogen (secondary N) is 1. The van der Waals surface area contributed by atoms with Crippen LogP contribution in [0.25, 0.3) is 0 Å². The van der Waals surface area contributed by atoms with Crippen LogP contribution in [0.2, 0.25) is 0 Å². The number of thiazole rings is 1. The second-order valence-electron chi connectivity index (χ2n) is 5.70. The van der Waals surface area contributed by atoms with Crippen molar-refractivity contribution >= 4 is 23.2 Å². The molecule has 6 heteroatoms. The fraction of sp³-hybridized carbons (Fsp3) is 0.643. The summed E-state index contributed by atoms with van der Waals surface area (Å²) in [5.74, 6) is -0.521. The average molecular weight is 296 g/mol. The maximum atomic E-state index is 12.0. The largest absolute Gasteiger partial charge is 0.481 e. The number of hydrogen-bond acceptors (Lipinski definition) is 4. The van der Waals surface area contributed by atoms with Crippen molar-refractivity contribution in [2.45, 2.75) is 39.5 Å². The molecular formula is C14H20N2O3S. The van der Waals surface area contributed by atoms with Gasteiger partial charge in [0.05, 0.1) is 10.4 Å². The quantitative estimate of drug-likeness (QED) is 0.894. The minimum atomic E-state index is -0.812. The summed E-state index contributed by atoms with van der Waals surface area (Å²) in [6.45, 7) is 4.16. The van der Waals surface area contributed by atoms with Crippen molar-refractivity contribution in [3.05, 3.63) is 16.1 Å². The van der Waals surface area contributed by atoms with E-state index < -0.39 is 11.4 Å². The molecule has 110 valence electrons. The van der Waals surface area contributed by atoms with Gasteiger partial charge >= 0.3 is 5.97 Å². The Balaban J connectivity index is 1.99. The number of aryl methyl sites for hydroxylation is 1. The zero-order valence-corrected chi connectivity index (χ0v) is 12.6. The molecule has 1 heterocycles. The van der Waals surface area contributed by atoms with Crippen molar-refractivity contribution in [2.75, 3.05) is 6.54 Å². The maximum absolute atomic E-state index is 12.0. The fourth-order valence-corrected chi connectivity index (χ4v) is 3.18. The van der Waals surface area contributed by atoms with Gasteiger partial charge in [0.25, 0.3) is 5.91 Å². The Hall–Kier alpha value is -1.43.